The molecule has 1 atom stereocenters. The molecular formula is C13H20Si. The van der Waals surface area contributed by atoms with E-state index in [4.69, 9.17) is 0 Å². The lowest BCUT2D eigenvalue weighted by molar-refractivity contribution is 0.872. The molecule has 0 N–H and O–H groups in total. The predicted octanol–water partition coefficient (Wildman–Crippen LogP) is 3.50. The van der Waals surface area contributed by atoms with Crippen LogP contribution in [0.3, 0.4) is 0 Å². The molecule has 0 radical (unpaired) electrons. The Labute approximate surface area is 88.7 Å². The monoisotopic (exact) mass is 204 g/mol. The highest BCUT2D eigenvalue weighted by Crippen LogP contribution is 2.14. The van der Waals surface area contributed by atoms with Crippen LogP contribution >= 0.6 is 0 Å². The first-order valence-electron chi connectivity index (χ1n) is 5.42. The molecule has 0 aliphatic rings. The summed E-state index contributed by atoms with van der Waals surface area (Å²) in [6.07, 6.45) is 2.60. The zero-order valence-corrected chi connectivity index (χ0v) is 10.3. The van der Waals surface area contributed by atoms with Crippen molar-refractivity contribution in [3.63, 3.8) is 0 Å². The molecule has 0 nitrogen and oxygen atoms in total. The van der Waals surface area contributed by atoms with E-state index in [2.05, 4.69) is 56.1 Å². The van der Waals surface area contributed by atoms with Gasteiger partial charge in [-0.1, -0.05) is 73.6 Å². The molecule has 1 unspecified atom stereocenters. The topological polar surface area (TPSA) is 0 Å². The van der Waals surface area contributed by atoms with Crippen LogP contribution < -0.4 is 5.19 Å². The van der Waals surface area contributed by atoms with E-state index < -0.39 is 8.07 Å². The standard InChI is InChI=1S/C13H20Si/c1-4-6-12-14(3,5-2)13-10-8-7-9-11-13/h5,7-11H,2,4,6,12H2,1,3H3. The van der Waals surface area contributed by atoms with Crippen LogP contribution in [0.1, 0.15) is 19.8 Å². The molecule has 0 aromatic heterocycles. The van der Waals surface area contributed by atoms with Gasteiger partial charge in [0.05, 0.1) is 0 Å². The van der Waals surface area contributed by atoms with E-state index in [0.29, 0.717) is 0 Å². The molecule has 1 aromatic rings. The lowest BCUT2D eigenvalue weighted by Crippen LogP contribution is -2.42. The molecule has 1 heteroatoms. The molecule has 1 aromatic carbocycles. The van der Waals surface area contributed by atoms with Gasteiger partial charge in [-0.15, -0.1) is 6.58 Å². The first-order valence-corrected chi connectivity index (χ1v) is 8.20. The molecule has 0 amide bonds. The molecule has 0 spiro atoms. The average Bonchev–Trinajstić information content (AvgIpc) is 2.27. The van der Waals surface area contributed by atoms with Crippen LogP contribution in [0.25, 0.3) is 0 Å². The van der Waals surface area contributed by atoms with Crippen LogP contribution in [-0.4, -0.2) is 8.07 Å². The number of hydrogen-bond donors (Lipinski definition) is 0. The second-order valence-electron chi connectivity index (χ2n) is 4.09. The molecule has 14 heavy (non-hydrogen) atoms. The Morgan fingerprint density at radius 1 is 1.29 bits per heavy atom. The van der Waals surface area contributed by atoms with E-state index in [-0.39, 0.29) is 0 Å². The zero-order chi connectivity index (χ0) is 10.4. The molecular weight excluding hydrogens is 184 g/mol. The van der Waals surface area contributed by atoms with Gasteiger partial charge >= 0.3 is 0 Å². The van der Waals surface area contributed by atoms with E-state index in [1.165, 1.54) is 24.1 Å². The smallest absolute Gasteiger partial charge is 0.106 e. The Morgan fingerprint density at radius 2 is 1.93 bits per heavy atom. The Kier molecular flexibility index (Phi) is 4.14. The third-order valence-corrected chi connectivity index (χ3v) is 6.88. The zero-order valence-electron chi connectivity index (χ0n) is 9.29. The van der Waals surface area contributed by atoms with Crippen LogP contribution in [0.2, 0.25) is 12.6 Å². The summed E-state index contributed by atoms with van der Waals surface area (Å²) >= 11 is 0. The van der Waals surface area contributed by atoms with Gasteiger partial charge in [-0.25, -0.2) is 0 Å². The third kappa shape index (κ3) is 2.58. The quantitative estimate of drug-likeness (QED) is 0.644. The highest BCUT2D eigenvalue weighted by molar-refractivity contribution is 6.94. The Hall–Kier alpha value is -0.823. The predicted molar refractivity (Wildman–Crippen MR) is 67.6 cm³/mol. The van der Waals surface area contributed by atoms with Crippen LogP contribution in [0.4, 0.5) is 0 Å². The van der Waals surface area contributed by atoms with Gasteiger partial charge in [0.1, 0.15) is 8.07 Å². The third-order valence-electron chi connectivity index (χ3n) is 2.93. The van der Waals surface area contributed by atoms with Gasteiger partial charge in [-0.05, 0) is 0 Å². The van der Waals surface area contributed by atoms with Crippen LogP contribution in [-0.2, 0) is 0 Å². The van der Waals surface area contributed by atoms with Gasteiger partial charge in [0.2, 0.25) is 0 Å². The SMILES string of the molecule is C=C[Si](C)(CCCC)c1ccccc1. The molecule has 0 saturated heterocycles. The summed E-state index contributed by atoms with van der Waals surface area (Å²) in [5.41, 5.74) is 2.22. The average molecular weight is 204 g/mol. The molecule has 0 aliphatic carbocycles. The number of benzene rings is 1. The number of hydrogen-bond acceptors (Lipinski definition) is 0. The molecule has 0 aliphatic heterocycles. The minimum atomic E-state index is -1.36. The number of unbranched alkanes of at least 4 members (excludes halogenated alkanes) is 1. The Balaban J connectivity index is 2.84. The molecule has 1 rings (SSSR count). The van der Waals surface area contributed by atoms with Gasteiger partial charge in [-0.3, -0.25) is 0 Å². The lowest BCUT2D eigenvalue weighted by atomic mass is 10.4. The van der Waals surface area contributed by atoms with E-state index >= 15 is 0 Å². The van der Waals surface area contributed by atoms with E-state index in [0.717, 1.165) is 0 Å². The minimum absolute atomic E-state index is 1.28. The molecule has 0 bridgehead atoms. The maximum atomic E-state index is 4.02. The molecule has 0 fully saturated rings. The Morgan fingerprint density at radius 3 is 2.43 bits per heavy atom. The van der Waals surface area contributed by atoms with Crippen molar-refractivity contribution in [3.05, 3.63) is 42.6 Å². The number of rotatable bonds is 5. The van der Waals surface area contributed by atoms with Crippen molar-refractivity contribution in [2.75, 3.05) is 0 Å². The molecule has 76 valence electrons. The van der Waals surface area contributed by atoms with Gasteiger partial charge in [-0.2, -0.15) is 0 Å². The van der Waals surface area contributed by atoms with Crippen molar-refractivity contribution >= 4 is 13.3 Å². The van der Waals surface area contributed by atoms with Gasteiger partial charge in [0, 0.05) is 0 Å². The lowest BCUT2D eigenvalue weighted by Gasteiger charge is -2.23. The summed E-state index contributed by atoms with van der Waals surface area (Å²) in [4.78, 5) is 0. The summed E-state index contributed by atoms with van der Waals surface area (Å²) in [6, 6.07) is 12.2. The maximum absolute atomic E-state index is 4.02. The first-order chi connectivity index (χ1) is 6.73. The Bertz CT molecular complexity index is 279. The summed E-state index contributed by atoms with van der Waals surface area (Å²) in [5.74, 6) is 0. The minimum Gasteiger partial charge on any atom is -0.107 e. The fourth-order valence-electron chi connectivity index (χ4n) is 1.73. The largest absolute Gasteiger partial charge is 0.107 e. The summed E-state index contributed by atoms with van der Waals surface area (Å²) in [6.45, 7) is 8.68. The second-order valence-corrected chi connectivity index (χ2v) is 8.41. The first kappa shape index (κ1) is 11.3. The van der Waals surface area contributed by atoms with Crippen molar-refractivity contribution in [2.24, 2.45) is 0 Å². The van der Waals surface area contributed by atoms with Crippen LogP contribution in [0.15, 0.2) is 42.6 Å². The van der Waals surface area contributed by atoms with Gasteiger partial charge in [0.25, 0.3) is 0 Å². The highest BCUT2D eigenvalue weighted by Gasteiger charge is 2.24. The van der Waals surface area contributed by atoms with Gasteiger partial charge < -0.3 is 0 Å². The highest BCUT2D eigenvalue weighted by atomic mass is 28.3. The van der Waals surface area contributed by atoms with E-state index in [1.54, 1.807) is 0 Å². The van der Waals surface area contributed by atoms with Crippen molar-refractivity contribution in [3.8, 4) is 0 Å². The molecule has 0 saturated carbocycles. The van der Waals surface area contributed by atoms with Crippen LogP contribution in [0.5, 0.6) is 0 Å². The van der Waals surface area contributed by atoms with E-state index in [9.17, 15) is 0 Å². The normalized spacial score (nSPS) is 14.7. The summed E-state index contributed by atoms with van der Waals surface area (Å²) in [7, 11) is -1.36. The van der Waals surface area contributed by atoms with Crippen molar-refractivity contribution in [1.82, 2.24) is 0 Å². The summed E-state index contributed by atoms with van der Waals surface area (Å²) < 4.78 is 0. The molecule has 0 heterocycles. The van der Waals surface area contributed by atoms with Crippen molar-refractivity contribution < 1.29 is 0 Å². The van der Waals surface area contributed by atoms with E-state index in [1.807, 2.05) is 0 Å². The van der Waals surface area contributed by atoms with Crippen molar-refractivity contribution in [1.29, 1.82) is 0 Å². The summed E-state index contributed by atoms with van der Waals surface area (Å²) in [5, 5.41) is 1.52. The maximum Gasteiger partial charge on any atom is 0.106 e. The van der Waals surface area contributed by atoms with Crippen molar-refractivity contribution in [2.45, 2.75) is 32.4 Å². The van der Waals surface area contributed by atoms with Crippen LogP contribution in [0, 0.1) is 0 Å². The fourth-order valence-corrected chi connectivity index (χ4v) is 4.50. The fraction of sp³-hybridized carbons (Fsp3) is 0.385. The van der Waals surface area contributed by atoms with Gasteiger partial charge in [0.15, 0.2) is 0 Å². The second kappa shape index (κ2) is 5.16.